The van der Waals surface area contributed by atoms with Gasteiger partial charge in [-0.1, -0.05) is 42.9 Å². The molecule has 0 aliphatic carbocycles. The molecular formula is C16H16F3N5O2S. The van der Waals surface area contributed by atoms with Crippen molar-refractivity contribution in [3.63, 3.8) is 0 Å². The van der Waals surface area contributed by atoms with Crippen LogP contribution in [0.3, 0.4) is 0 Å². The monoisotopic (exact) mass is 399 g/mol. The number of benzene rings is 1. The molecular weight excluding hydrogens is 383 g/mol. The van der Waals surface area contributed by atoms with Crippen molar-refractivity contribution in [1.82, 2.24) is 9.97 Å². The number of halogens is 3. The minimum absolute atomic E-state index is 0.153. The van der Waals surface area contributed by atoms with Gasteiger partial charge in [0.15, 0.2) is 5.16 Å². The van der Waals surface area contributed by atoms with E-state index in [-0.39, 0.29) is 22.1 Å². The van der Waals surface area contributed by atoms with Crippen LogP contribution in [0.25, 0.3) is 10.4 Å². The van der Waals surface area contributed by atoms with Gasteiger partial charge in [0.25, 0.3) is 5.56 Å². The maximum absolute atomic E-state index is 12.3. The molecule has 27 heavy (non-hydrogen) atoms. The summed E-state index contributed by atoms with van der Waals surface area (Å²) in [6.07, 6.45) is -4.81. The number of thioether (sulfide) groups is 1. The zero-order valence-electron chi connectivity index (χ0n) is 14.6. The number of nitrogens with zero attached hydrogens (tertiary/aromatic N) is 4. The molecule has 2 rings (SSSR count). The van der Waals surface area contributed by atoms with E-state index in [1.54, 1.807) is 0 Å². The predicted octanol–water partition coefficient (Wildman–Crippen LogP) is 4.88. The Bertz CT molecular complexity index is 906. The highest BCUT2D eigenvalue weighted by Crippen LogP contribution is 2.30. The number of nitrogens with one attached hydrogen (secondary N) is 1. The molecule has 2 aromatic rings. The van der Waals surface area contributed by atoms with E-state index in [1.807, 2.05) is 13.8 Å². The minimum atomic E-state index is -4.81. The molecule has 1 heterocycles. The highest BCUT2D eigenvalue weighted by molar-refractivity contribution is 7.99. The molecule has 1 aromatic carbocycles. The Morgan fingerprint density at radius 2 is 1.93 bits per heavy atom. The van der Waals surface area contributed by atoms with Gasteiger partial charge in [-0.2, -0.15) is 0 Å². The van der Waals surface area contributed by atoms with Crippen LogP contribution in [0.4, 0.5) is 13.2 Å². The lowest BCUT2D eigenvalue weighted by atomic mass is 10.0. The van der Waals surface area contributed by atoms with Crippen molar-refractivity contribution in [2.75, 3.05) is 0 Å². The second kappa shape index (κ2) is 8.36. The molecule has 0 radical (unpaired) electrons. The summed E-state index contributed by atoms with van der Waals surface area (Å²) < 4.78 is 40.7. The third-order valence-corrected chi connectivity index (χ3v) is 4.26. The Labute approximate surface area is 156 Å². The Hall–Kier alpha value is -2.65. The maximum atomic E-state index is 12.3. The Morgan fingerprint density at radius 1 is 1.30 bits per heavy atom. The van der Waals surface area contributed by atoms with Gasteiger partial charge in [-0.05, 0) is 30.2 Å². The van der Waals surface area contributed by atoms with E-state index in [0.29, 0.717) is 10.7 Å². The molecule has 1 unspecified atom stereocenters. The van der Waals surface area contributed by atoms with Gasteiger partial charge < -0.3 is 9.72 Å². The number of azide groups is 1. The number of aromatic amines is 1. The van der Waals surface area contributed by atoms with Crippen LogP contribution in [0.2, 0.25) is 0 Å². The van der Waals surface area contributed by atoms with E-state index < -0.39 is 18.2 Å². The lowest BCUT2D eigenvalue weighted by Crippen LogP contribution is -2.19. The number of alkyl halides is 3. The molecule has 0 spiro atoms. The van der Waals surface area contributed by atoms with Gasteiger partial charge >= 0.3 is 6.36 Å². The average molecular weight is 399 g/mol. The van der Waals surface area contributed by atoms with Crippen LogP contribution in [0.15, 0.2) is 39.3 Å². The molecule has 7 nitrogen and oxygen atoms in total. The van der Waals surface area contributed by atoms with Crippen LogP contribution < -0.4 is 10.3 Å². The van der Waals surface area contributed by atoms with E-state index >= 15 is 0 Å². The first-order chi connectivity index (χ1) is 12.6. The number of ether oxygens (including phenoxy) is 1. The molecule has 1 aromatic heterocycles. The van der Waals surface area contributed by atoms with Gasteiger partial charge in [0, 0.05) is 15.7 Å². The minimum Gasteiger partial charge on any atom is -0.406 e. The fourth-order valence-corrected chi connectivity index (χ4v) is 3.01. The maximum Gasteiger partial charge on any atom is 0.573 e. The van der Waals surface area contributed by atoms with Gasteiger partial charge in [0.1, 0.15) is 11.8 Å². The molecule has 0 bridgehead atoms. The Balaban J connectivity index is 2.47. The third kappa shape index (κ3) is 5.66. The highest BCUT2D eigenvalue weighted by Gasteiger charge is 2.31. The lowest BCUT2D eigenvalue weighted by Gasteiger charge is -2.16. The van der Waals surface area contributed by atoms with Crippen molar-refractivity contribution in [3.05, 3.63) is 61.9 Å². The molecule has 1 atom stereocenters. The highest BCUT2D eigenvalue weighted by atomic mass is 32.2. The molecule has 0 saturated heterocycles. The standard InChI is InChI=1S/C16H16F3N5O2S/c1-8(2)27-15-21-12(9(3)14(25)22-15)13(23-24-20)10-4-6-11(7-5-10)26-16(17,18)19/h4-8,13H,1-3H3,(H,21,22,25). The first-order valence-corrected chi connectivity index (χ1v) is 8.66. The number of aromatic nitrogens is 2. The van der Waals surface area contributed by atoms with Crippen LogP contribution in [-0.4, -0.2) is 21.6 Å². The molecule has 11 heteroatoms. The molecule has 0 amide bonds. The smallest absolute Gasteiger partial charge is 0.406 e. The largest absolute Gasteiger partial charge is 0.573 e. The van der Waals surface area contributed by atoms with Gasteiger partial charge in [0.2, 0.25) is 0 Å². The summed E-state index contributed by atoms with van der Waals surface area (Å²) in [6.45, 7) is 5.38. The zero-order chi connectivity index (χ0) is 20.2. The van der Waals surface area contributed by atoms with Crippen molar-refractivity contribution in [1.29, 1.82) is 0 Å². The summed E-state index contributed by atoms with van der Waals surface area (Å²) in [5, 5.41) is 4.20. The topological polar surface area (TPSA) is 104 Å². The van der Waals surface area contributed by atoms with Crippen molar-refractivity contribution >= 4 is 11.8 Å². The second-order valence-corrected chi connectivity index (χ2v) is 7.34. The molecule has 0 aliphatic rings. The number of hydrogen-bond donors (Lipinski definition) is 1. The third-order valence-electron chi connectivity index (χ3n) is 3.37. The average Bonchev–Trinajstić information content (AvgIpc) is 2.55. The summed E-state index contributed by atoms with van der Waals surface area (Å²) in [5.74, 6) is -0.405. The van der Waals surface area contributed by atoms with Crippen LogP contribution in [0.5, 0.6) is 5.75 Å². The summed E-state index contributed by atoms with van der Waals surface area (Å²) in [6, 6.07) is 3.91. The van der Waals surface area contributed by atoms with Crippen LogP contribution >= 0.6 is 11.8 Å². The normalized spacial score (nSPS) is 12.6. The Kier molecular flexibility index (Phi) is 6.40. The first-order valence-electron chi connectivity index (χ1n) is 7.78. The zero-order valence-corrected chi connectivity index (χ0v) is 15.4. The summed E-state index contributed by atoms with van der Waals surface area (Å²) in [4.78, 5) is 22.0. The van der Waals surface area contributed by atoms with E-state index in [1.165, 1.54) is 30.8 Å². The number of H-pyrrole nitrogens is 1. The van der Waals surface area contributed by atoms with Gasteiger partial charge in [-0.3, -0.25) is 4.79 Å². The molecule has 0 fully saturated rings. The van der Waals surface area contributed by atoms with Gasteiger partial charge in [-0.25, -0.2) is 4.98 Å². The number of hydrogen-bond acceptors (Lipinski definition) is 5. The van der Waals surface area contributed by atoms with Gasteiger partial charge in [0.05, 0.1) is 5.69 Å². The predicted molar refractivity (Wildman–Crippen MR) is 94.7 cm³/mol. The van der Waals surface area contributed by atoms with Crippen LogP contribution in [0, 0.1) is 6.92 Å². The molecule has 0 saturated carbocycles. The van der Waals surface area contributed by atoms with Crippen LogP contribution in [0.1, 0.15) is 36.7 Å². The van der Waals surface area contributed by atoms with Crippen LogP contribution in [-0.2, 0) is 0 Å². The van der Waals surface area contributed by atoms with Gasteiger partial charge in [-0.15, -0.1) is 13.2 Å². The fraction of sp³-hybridized carbons (Fsp3) is 0.375. The van der Waals surface area contributed by atoms with Crippen molar-refractivity contribution < 1.29 is 17.9 Å². The van der Waals surface area contributed by atoms with E-state index in [4.69, 9.17) is 5.53 Å². The van der Waals surface area contributed by atoms with Crippen molar-refractivity contribution in [3.8, 4) is 5.75 Å². The van der Waals surface area contributed by atoms with E-state index in [0.717, 1.165) is 12.1 Å². The quantitative estimate of drug-likeness (QED) is 0.246. The summed E-state index contributed by atoms with van der Waals surface area (Å²) in [7, 11) is 0. The van der Waals surface area contributed by atoms with E-state index in [2.05, 4.69) is 24.7 Å². The van der Waals surface area contributed by atoms with Crippen molar-refractivity contribution in [2.45, 2.75) is 43.6 Å². The SMILES string of the molecule is Cc1c(C(N=[N+]=[N-])c2ccc(OC(F)(F)F)cc2)nc(SC(C)C)[nH]c1=O. The second-order valence-electron chi connectivity index (χ2n) is 5.77. The Morgan fingerprint density at radius 3 is 2.44 bits per heavy atom. The van der Waals surface area contributed by atoms with Crippen molar-refractivity contribution in [2.24, 2.45) is 5.11 Å². The first kappa shape index (κ1) is 20.7. The van der Waals surface area contributed by atoms with E-state index in [9.17, 15) is 18.0 Å². The molecule has 0 aliphatic heterocycles. The summed E-state index contributed by atoms with van der Waals surface area (Å²) in [5.41, 5.74) is 9.41. The molecule has 1 N–H and O–H groups in total. The number of rotatable bonds is 6. The lowest BCUT2D eigenvalue weighted by molar-refractivity contribution is -0.274. The summed E-state index contributed by atoms with van der Waals surface area (Å²) >= 11 is 1.33. The molecule has 144 valence electrons. The fourth-order valence-electron chi connectivity index (χ4n) is 2.26.